The fourth-order valence-corrected chi connectivity index (χ4v) is 4.84. The van der Waals surface area contributed by atoms with Gasteiger partial charge >= 0.3 is 0 Å². The van der Waals surface area contributed by atoms with Crippen molar-refractivity contribution in [2.45, 2.75) is 19.0 Å². The summed E-state index contributed by atoms with van der Waals surface area (Å²) in [6.07, 6.45) is 1.80. The molecule has 2 unspecified atom stereocenters. The van der Waals surface area contributed by atoms with Crippen LogP contribution in [0, 0.1) is 6.92 Å². The first-order valence-corrected chi connectivity index (χ1v) is 10.8. The molecule has 1 aliphatic rings. The van der Waals surface area contributed by atoms with Gasteiger partial charge in [-0.1, -0.05) is 12.1 Å². The highest BCUT2D eigenvalue weighted by atomic mass is 32.1. The number of hydrogen-bond acceptors (Lipinski definition) is 5. The topological polar surface area (TPSA) is 66.5 Å². The molecule has 2 atom stereocenters. The molecule has 1 saturated heterocycles. The van der Waals surface area contributed by atoms with Crippen LogP contribution in [0.25, 0.3) is 0 Å². The van der Waals surface area contributed by atoms with Crippen LogP contribution in [0.3, 0.4) is 0 Å². The third kappa shape index (κ3) is 4.07. The molecule has 8 heteroatoms. The minimum atomic E-state index is -0.182. The number of thiocarbonyl (C=S) groups is 1. The van der Waals surface area contributed by atoms with Gasteiger partial charge in [0.1, 0.15) is 6.61 Å². The Morgan fingerprint density at radius 3 is 2.83 bits per heavy atom. The number of carbonyl (C=O) groups is 1. The van der Waals surface area contributed by atoms with Crippen LogP contribution in [0.2, 0.25) is 0 Å². The van der Waals surface area contributed by atoms with Crippen LogP contribution in [0.1, 0.15) is 28.2 Å². The first-order chi connectivity index (χ1) is 14.6. The summed E-state index contributed by atoms with van der Waals surface area (Å²) < 4.78 is 4.89. The van der Waals surface area contributed by atoms with Crippen LogP contribution in [-0.4, -0.2) is 29.7 Å². The van der Waals surface area contributed by atoms with Gasteiger partial charge in [0, 0.05) is 29.6 Å². The summed E-state index contributed by atoms with van der Waals surface area (Å²) in [5.41, 5.74) is 3.62. The maximum atomic E-state index is 11.9. The molecule has 0 bridgehead atoms. The summed E-state index contributed by atoms with van der Waals surface area (Å²) in [5, 5.41) is 9.06. The van der Waals surface area contributed by atoms with E-state index in [4.69, 9.17) is 17.0 Å². The molecule has 0 spiro atoms. The number of rotatable bonds is 6. The molecule has 1 aromatic carbocycles. The number of nitrogens with zero attached hydrogens (tertiary/aromatic N) is 2. The largest absolute Gasteiger partial charge is 0.375 e. The Bertz CT molecular complexity index is 1040. The Balaban J connectivity index is 1.69. The number of hydrogen-bond donors (Lipinski definition) is 2. The third-order valence-corrected chi connectivity index (χ3v) is 6.23. The van der Waals surface area contributed by atoms with Crippen LogP contribution in [-0.2, 0) is 9.53 Å². The average molecular weight is 439 g/mol. The summed E-state index contributed by atoms with van der Waals surface area (Å²) in [5.74, 6) is -0.182. The molecule has 4 rings (SSSR count). The Labute approximate surface area is 184 Å². The number of carbonyl (C=O) groups excluding carboxylic acids is 1. The standard InChI is InChI=1S/C22H22N4O2S2/c1-14-12-15(8-9-16(14)24-19(27)13-28-2)26-21(18-7-5-11-30-18)20(25-22(26)29)17-6-3-4-10-23-17/h3-12,20-21H,13H2,1-2H3,(H,24,27)(H,25,29). The van der Waals surface area contributed by atoms with Crippen molar-refractivity contribution in [3.05, 3.63) is 76.2 Å². The van der Waals surface area contributed by atoms with E-state index in [0.717, 1.165) is 22.6 Å². The molecule has 3 aromatic rings. The number of amides is 1. The Morgan fingerprint density at radius 2 is 2.17 bits per heavy atom. The van der Waals surface area contributed by atoms with Gasteiger partial charge in [0.25, 0.3) is 0 Å². The Hall–Kier alpha value is -2.81. The van der Waals surface area contributed by atoms with E-state index in [0.29, 0.717) is 5.11 Å². The number of nitrogens with one attached hydrogen (secondary N) is 2. The average Bonchev–Trinajstić information content (AvgIpc) is 3.38. The van der Waals surface area contributed by atoms with Crippen molar-refractivity contribution < 1.29 is 9.53 Å². The second-order valence-corrected chi connectivity index (χ2v) is 8.36. The summed E-state index contributed by atoms with van der Waals surface area (Å²) >= 11 is 7.44. The van der Waals surface area contributed by atoms with Crippen molar-refractivity contribution in [2.24, 2.45) is 0 Å². The van der Waals surface area contributed by atoms with Crippen LogP contribution in [0.15, 0.2) is 60.1 Å². The predicted octanol–water partition coefficient (Wildman–Crippen LogP) is 4.21. The van der Waals surface area contributed by atoms with Gasteiger partial charge in [-0.2, -0.15) is 0 Å². The number of ether oxygens (including phenoxy) is 1. The molecule has 0 aliphatic carbocycles. The zero-order valence-electron chi connectivity index (χ0n) is 16.7. The molecule has 154 valence electrons. The lowest BCUT2D eigenvalue weighted by atomic mass is 10.0. The first kappa shape index (κ1) is 20.5. The summed E-state index contributed by atoms with van der Waals surface area (Å²) in [7, 11) is 1.50. The van der Waals surface area contributed by atoms with Gasteiger partial charge < -0.3 is 20.3 Å². The minimum absolute atomic E-state index is 0.0132. The van der Waals surface area contributed by atoms with E-state index in [1.165, 1.54) is 12.0 Å². The smallest absolute Gasteiger partial charge is 0.250 e. The van der Waals surface area contributed by atoms with E-state index < -0.39 is 0 Å². The van der Waals surface area contributed by atoms with Crippen LogP contribution in [0.4, 0.5) is 11.4 Å². The predicted molar refractivity (Wildman–Crippen MR) is 124 cm³/mol. The minimum Gasteiger partial charge on any atom is -0.375 e. The zero-order valence-corrected chi connectivity index (χ0v) is 18.3. The summed E-state index contributed by atoms with van der Waals surface area (Å²) in [6, 6.07) is 15.9. The van der Waals surface area contributed by atoms with Crippen molar-refractivity contribution in [1.29, 1.82) is 0 Å². The van der Waals surface area contributed by atoms with E-state index in [-0.39, 0.29) is 24.6 Å². The normalized spacial score (nSPS) is 18.3. The summed E-state index contributed by atoms with van der Waals surface area (Å²) in [4.78, 5) is 19.8. The third-order valence-electron chi connectivity index (χ3n) is 4.97. The lowest BCUT2D eigenvalue weighted by molar-refractivity contribution is -0.119. The van der Waals surface area contributed by atoms with Crippen molar-refractivity contribution in [3.8, 4) is 0 Å². The molecule has 2 N–H and O–H groups in total. The highest BCUT2D eigenvalue weighted by molar-refractivity contribution is 7.80. The van der Waals surface area contributed by atoms with E-state index in [2.05, 4.69) is 38.0 Å². The zero-order chi connectivity index (χ0) is 21.1. The second-order valence-electron chi connectivity index (χ2n) is 6.99. The molecule has 0 saturated carbocycles. The molecular formula is C22H22N4O2S2. The first-order valence-electron chi connectivity index (χ1n) is 9.52. The molecule has 1 aliphatic heterocycles. The van der Waals surface area contributed by atoms with Gasteiger partial charge in [-0.15, -0.1) is 11.3 Å². The number of methoxy groups -OCH3 is 1. The molecule has 30 heavy (non-hydrogen) atoms. The number of thiophene rings is 1. The van der Waals surface area contributed by atoms with E-state index in [9.17, 15) is 4.79 Å². The maximum absolute atomic E-state index is 11.9. The maximum Gasteiger partial charge on any atom is 0.250 e. The van der Waals surface area contributed by atoms with Gasteiger partial charge in [0.2, 0.25) is 5.91 Å². The van der Waals surface area contributed by atoms with Crippen LogP contribution in [0.5, 0.6) is 0 Å². The lowest BCUT2D eigenvalue weighted by Crippen LogP contribution is -2.29. The Morgan fingerprint density at radius 1 is 1.30 bits per heavy atom. The molecule has 6 nitrogen and oxygen atoms in total. The number of benzene rings is 1. The number of aromatic nitrogens is 1. The molecular weight excluding hydrogens is 416 g/mol. The van der Waals surface area contributed by atoms with Gasteiger partial charge in [-0.3, -0.25) is 9.78 Å². The Kier molecular flexibility index (Phi) is 6.08. The van der Waals surface area contributed by atoms with Gasteiger partial charge in [0.05, 0.1) is 17.8 Å². The fourth-order valence-electron chi connectivity index (χ4n) is 3.64. The molecule has 1 amide bonds. The SMILES string of the molecule is COCC(=O)Nc1ccc(N2C(=S)NC(c3ccccn3)C2c2cccs2)cc1C. The van der Waals surface area contributed by atoms with E-state index in [1.807, 2.05) is 43.3 Å². The van der Waals surface area contributed by atoms with Crippen molar-refractivity contribution in [2.75, 3.05) is 23.9 Å². The van der Waals surface area contributed by atoms with Crippen LogP contribution >= 0.6 is 23.6 Å². The van der Waals surface area contributed by atoms with Gasteiger partial charge in [-0.05, 0) is 66.5 Å². The van der Waals surface area contributed by atoms with Gasteiger partial charge in [0.15, 0.2) is 5.11 Å². The van der Waals surface area contributed by atoms with Crippen molar-refractivity contribution >= 4 is 45.9 Å². The van der Waals surface area contributed by atoms with E-state index >= 15 is 0 Å². The molecule has 2 aromatic heterocycles. The highest BCUT2D eigenvalue weighted by Gasteiger charge is 2.41. The lowest BCUT2D eigenvalue weighted by Gasteiger charge is -2.27. The number of anilines is 2. The van der Waals surface area contributed by atoms with Crippen molar-refractivity contribution in [3.63, 3.8) is 0 Å². The quantitative estimate of drug-likeness (QED) is 0.562. The highest BCUT2D eigenvalue weighted by Crippen LogP contribution is 2.43. The van der Waals surface area contributed by atoms with E-state index in [1.54, 1.807) is 17.5 Å². The van der Waals surface area contributed by atoms with Crippen LogP contribution < -0.4 is 15.5 Å². The van der Waals surface area contributed by atoms with Crippen molar-refractivity contribution in [1.82, 2.24) is 10.3 Å². The molecule has 1 fully saturated rings. The molecule has 0 radical (unpaired) electrons. The number of aryl methyl sites for hydroxylation is 1. The van der Waals surface area contributed by atoms with Gasteiger partial charge in [-0.25, -0.2) is 0 Å². The second kappa shape index (κ2) is 8.91. The number of pyridine rings is 1. The summed E-state index contributed by atoms with van der Waals surface area (Å²) in [6.45, 7) is 1.99. The fraction of sp³-hybridized carbons (Fsp3) is 0.227. The molecule has 3 heterocycles. The monoisotopic (exact) mass is 438 g/mol.